The largest absolute Gasteiger partial charge is 0.338 e. The quantitative estimate of drug-likeness (QED) is 0.740. The molecule has 0 amide bonds. The van der Waals surface area contributed by atoms with E-state index in [1.807, 2.05) is 6.92 Å². The van der Waals surface area contributed by atoms with Crippen molar-refractivity contribution in [1.82, 2.24) is 10.1 Å². The van der Waals surface area contributed by atoms with Gasteiger partial charge in [-0.15, -0.1) is 0 Å². The van der Waals surface area contributed by atoms with Crippen LogP contribution in [0.3, 0.4) is 0 Å². The molecule has 1 atom stereocenters. The van der Waals surface area contributed by atoms with Crippen LogP contribution in [0.4, 0.5) is 0 Å². The average Bonchev–Trinajstić information content (AvgIpc) is 2.48. The minimum absolute atomic E-state index is 0.159. The first kappa shape index (κ1) is 9.19. The normalized spacial score (nSPS) is 13.2. The molecule has 0 spiro atoms. The van der Waals surface area contributed by atoms with Gasteiger partial charge in [0.15, 0.2) is 5.82 Å². The molecule has 1 aromatic heterocycles. The summed E-state index contributed by atoms with van der Waals surface area (Å²) in [5.74, 6) is 1.30. The predicted octanol–water partition coefficient (Wildman–Crippen LogP) is 1.43. The molecule has 12 heavy (non-hydrogen) atoms. The Labute approximate surface area is 72.1 Å². The first-order valence-electron chi connectivity index (χ1n) is 4.32. The summed E-state index contributed by atoms with van der Waals surface area (Å²) < 4.78 is 4.94. The first-order valence-corrected chi connectivity index (χ1v) is 4.32. The van der Waals surface area contributed by atoms with Crippen molar-refractivity contribution in [3.8, 4) is 0 Å². The highest BCUT2D eigenvalue weighted by molar-refractivity contribution is 4.89. The van der Waals surface area contributed by atoms with E-state index in [9.17, 15) is 0 Å². The Kier molecular flexibility index (Phi) is 3.22. The van der Waals surface area contributed by atoms with E-state index in [0.717, 1.165) is 25.1 Å². The number of nitrogens with two attached hydrogens (primary N) is 1. The fourth-order valence-electron chi connectivity index (χ4n) is 0.889. The molecular formula is C8H15N3O. The van der Waals surface area contributed by atoms with Gasteiger partial charge in [-0.2, -0.15) is 4.98 Å². The molecule has 2 N–H and O–H groups in total. The van der Waals surface area contributed by atoms with Crippen LogP contribution in [-0.4, -0.2) is 10.1 Å². The number of aromatic nitrogens is 2. The molecule has 0 aliphatic carbocycles. The maximum Gasteiger partial charge on any atom is 0.243 e. The Morgan fingerprint density at radius 3 is 2.83 bits per heavy atom. The molecule has 4 heteroatoms. The van der Waals surface area contributed by atoms with Gasteiger partial charge in [0, 0.05) is 6.42 Å². The third-order valence-corrected chi connectivity index (χ3v) is 1.63. The van der Waals surface area contributed by atoms with Gasteiger partial charge in [-0.3, -0.25) is 0 Å². The van der Waals surface area contributed by atoms with Gasteiger partial charge in [0.1, 0.15) is 0 Å². The van der Waals surface area contributed by atoms with Crippen LogP contribution in [-0.2, 0) is 6.42 Å². The monoisotopic (exact) mass is 169 g/mol. The molecule has 0 saturated carbocycles. The van der Waals surface area contributed by atoms with Gasteiger partial charge in [0.2, 0.25) is 5.89 Å². The van der Waals surface area contributed by atoms with Crippen LogP contribution in [0.25, 0.3) is 0 Å². The SMILES string of the molecule is CCCCc1noc([C@H](C)N)n1. The van der Waals surface area contributed by atoms with E-state index in [0.29, 0.717) is 5.89 Å². The van der Waals surface area contributed by atoms with Crippen molar-refractivity contribution in [2.45, 2.75) is 39.2 Å². The smallest absolute Gasteiger partial charge is 0.243 e. The van der Waals surface area contributed by atoms with Crippen molar-refractivity contribution in [2.24, 2.45) is 5.73 Å². The summed E-state index contributed by atoms with van der Waals surface area (Å²) in [5, 5.41) is 3.81. The number of unbranched alkanes of at least 4 members (excludes halogenated alkanes) is 1. The van der Waals surface area contributed by atoms with E-state index in [4.69, 9.17) is 10.3 Å². The van der Waals surface area contributed by atoms with Gasteiger partial charge in [0.25, 0.3) is 0 Å². The minimum atomic E-state index is -0.159. The molecule has 1 aromatic rings. The van der Waals surface area contributed by atoms with Crippen molar-refractivity contribution in [1.29, 1.82) is 0 Å². The van der Waals surface area contributed by atoms with Crippen LogP contribution in [0.1, 0.15) is 44.4 Å². The standard InChI is InChI=1S/C8H15N3O/c1-3-4-5-7-10-8(6(2)9)12-11-7/h6H,3-5,9H2,1-2H3/t6-/m0/s1. The highest BCUT2D eigenvalue weighted by Gasteiger charge is 2.08. The lowest BCUT2D eigenvalue weighted by molar-refractivity contribution is 0.357. The Morgan fingerprint density at radius 2 is 2.33 bits per heavy atom. The summed E-state index contributed by atoms with van der Waals surface area (Å²) >= 11 is 0. The Balaban J connectivity index is 2.52. The Hall–Kier alpha value is -0.900. The van der Waals surface area contributed by atoms with Crippen LogP contribution in [0.5, 0.6) is 0 Å². The summed E-state index contributed by atoms with van der Waals surface area (Å²) in [6.07, 6.45) is 3.12. The molecule has 0 aliphatic heterocycles. The van der Waals surface area contributed by atoms with E-state index in [1.54, 1.807) is 0 Å². The minimum Gasteiger partial charge on any atom is -0.338 e. The first-order chi connectivity index (χ1) is 5.74. The lowest BCUT2D eigenvalue weighted by Gasteiger charge is -1.93. The van der Waals surface area contributed by atoms with Crippen LogP contribution in [0, 0.1) is 0 Å². The summed E-state index contributed by atoms with van der Waals surface area (Å²) in [7, 11) is 0. The summed E-state index contributed by atoms with van der Waals surface area (Å²) in [6, 6.07) is -0.159. The van der Waals surface area contributed by atoms with E-state index >= 15 is 0 Å². The fraction of sp³-hybridized carbons (Fsp3) is 0.750. The zero-order valence-corrected chi connectivity index (χ0v) is 7.58. The van der Waals surface area contributed by atoms with Gasteiger partial charge in [-0.1, -0.05) is 18.5 Å². The third kappa shape index (κ3) is 2.30. The molecule has 0 unspecified atom stereocenters. The van der Waals surface area contributed by atoms with Gasteiger partial charge in [-0.05, 0) is 13.3 Å². The zero-order valence-electron chi connectivity index (χ0n) is 7.58. The molecule has 0 fully saturated rings. The molecule has 0 aliphatic rings. The molecule has 4 nitrogen and oxygen atoms in total. The van der Waals surface area contributed by atoms with Gasteiger partial charge in [0.05, 0.1) is 6.04 Å². The lowest BCUT2D eigenvalue weighted by Crippen LogP contribution is -2.05. The molecule has 0 radical (unpaired) electrons. The summed E-state index contributed by atoms with van der Waals surface area (Å²) in [5.41, 5.74) is 5.56. The van der Waals surface area contributed by atoms with Crippen molar-refractivity contribution < 1.29 is 4.52 Å². The second kappa shape index (κ2) is 4.21. The van der Waals surface area contributed by atoms with E-state index in [2.05, 4.69) is 17.1 Å². The number of hydrogen-bond donors (Lipinski definition) is 1. The van der Waals surface area contributed by atoms with E-state index in [-0.39, 0.29) is 6.04 Å². The number of nitrogens with zero attached hydrogens (tertiary/aromatic N) is 2. The second-order valence-corrected chi connectivity index (χ2v) is 2.94. The van der Waals surface area contributed by atoms with Crippen LogP contribution in [0.2, 0.25) is 0 Å². The molecule has 1 heterocycles. The molecule has 0 saturated heterocycles. The van der Waals surface area contributed by atoms with Crippen LogP contribution in [0.15, 0.2) is 4.52 Å². The lowest BCUT2D eigenvalue weighted by atomic mass is 10.2. The average molecular weight is 169 g/mol. The Bertz CT molecular complexity index is 232. The highest BCUT2D eigenvalue weighted by atomic mass is 16.5. The van der Waals surface area contributed by atoms with Crippen LogP contribution >= 0.6 is 0 Å². The molecular weight excluding hydrogens is 154 g/mol. The van der Waals surface area contributed by atoms with Crippen molar-refractivity contribution in [2.75, 3.05) is 0 Å². The maximum absolute atomic E-state index is 5.56. The topological polar surface area (TPSA) is 64.9 Å². The van der Waals surface area contributed by atoms with Crippen LogP contribution < -0.4 is 5.73 Å². The van der Waals surface area contributed by atoms with Crippen molar-refractivity contribution in [3.63, 3.8) is 0 Å². The Morgan fingerprint density at radius 1 is 1.58 bits per heavy atom. The third-order valence-electron chi connectivity index (χ3n) is 1.63. The number of rotatable bonds is 4. The van der Waals surface area contributed by atoms with Gasteiger partial charge < -0.3 is 10.3 Å². The fourth-order valence-corrected chi connectivity index (χ4v) is 0.889. The van der Waals surface area contributed by atoms with Crippen molar-refractivity contribution in [3.05, 3.63) is 11.7 Å². The summed E-state index contributed by atoms with van der Waals surface area (Å²) in [4.78, 5) is 4.14. The number of hydrogen-bond acceptors (Lipinski definition) is 4. The van der Waals surface area contributed by atoms with Gasteiger partial charge in [-0.25, -0.2) is 0 Å². The number of aryl methyl sites for hydroxylation is 1. The summed E-state index contributed by atoms with van der Waals surface area (Å²) in [6.45, 7) is 3.96. The van der Waals surface area contributed by atoms with E-state index < -0.39 is 0 Å². The second-order valence-electron chi connectivity index (χ2n) is 2.94. The predicted molar refractivity (Wildman–Crippen MR) is 45.5 cm³/mol. The highest BCUT2D eigenvalue weighted by Crippen LogP contribution is 2.07. The molecule has 1 rings (SSSR count). The van der Waals surface area contributed by atoms with Gasteiger partial charge >= 0.3 is 0 Å². The van der Waals surface area contributed by atoms with Crippen molar-refractivity contribution >= 4 is 0 Å². The molecule has 68 valence electrons. The maximum atomic E-state index is 5.56. The van der Waals surface area contributed by atoms with E-state index in [1.165, 1.54) is 0 Å². The molecule has 0 aromatic carbocycles. The molecule has 0 bridgehead atoms. The zero-order chi connectivity index (χ0) is 8.97.